The van der Waals surface area contributed by atoms with Crippen LogP contribution in [0.25, 0.3) is 0 Å². The first-order chi connectivity index (χ1) is 8.93. The lowest BCUT2D eigenvalue weighted by atomic mass is 9.84. The van der Waals surface area contributed by atoms with E-state index in [1.54, 1.807) is 0 Å². The number of hydrogen-bond acceptors (Lipinski definition) is 2. The third kappa shape index (κ3) is 4.48. The molecule has 0 bridgehead atoms. The van der Waals surface area contributed by atoms with Gasteiger partial charge in [0.15, 0.2) is 0 Å². The molecule has 0 amide bonds. The van der Waals surface area contributed by atoms with Crippen LogP contribution in [-0.2, 0) is 0 Å². The SMILES string of the molecule is CCCC(C)(CN)CN(C)C(C)c1ccccc1Cl. The fourth-order valence-corrected chi connectivity index (χ4v) is 2.93. The van der Waals surface area contributed by atoms with Gasteiger partial charge in [-0.3, -0.25) is 4.90 Å². The molecule has 0 heterocycles. The van der Waals surface area contributed by atoms with Crippen molar-refractivity contribution in [1.29, 1.82) is 0 Å². The summed E-state index contributed by atoms with van der Waals surface area (Å²) in [5, 5.41) is 0.840. The van der Waals surface area contributed by atoms with Gasteiger partial charge in [0.2, 0.25) is 0 Å². The molecule has 0 spiro atoms. The number of nitrogens with two attached hydrogens (primary N) is 1. The minimum Gasteiger partial charge on any atom is -0.330 e. The molecule has 2 unspecified atom stereocenters. The Morgan fingerprint density at radius 3 is 2.53 bits per heavy atom. The highest BCUT2D eigenvalue weighted by Crippen LogP contribution is 2.30. The Balaban J connectivity index is 2.77. The minimum atomic E-state index is 0.180. The van der Waals surface area contributed by atoms with Crippen molar-refractivity contribution in [1.82, 2.24) is 4.90 Å². The molecule has 0 fully saturated rings. The van der Waals surface area contributed by atoms with Crippen LogP contribution in [0.5, 0.6) is 0 Å². The number of halogens is 1. The van der Waals surface area contributed by atoms with E-state index in [0.717, 1.165) is 24.5 Å². The van der Waals surface area contributed by atoms with E-state index in [2.05, 4.69) is 38.8 Å². The molecule has 0 aliphatic rings. The Hall–Kier alpha value is -0.570. The van der Waals surface area contributed by atoms with Gasteiger partial charge >= 0.3 is 0 Å². The fraction of sp³-hybridized carbons (Fsp3) is 0.625. The molecule has 0 radical (unpaired) electrons. The molecular formula is C16H27ClN2. The molecule has 0 aliphatic heterocycles. The average molecular weight is 283 g/mol. The zero-order chi connectivity index (χ0) is 14.5. The molecule has 1 rings (SSSR count). The van der Waals surface area contributed by atoms with Crippen LogP contribution in [0, 0.1) is 5.41 Å². The summed E-state index contributed by atoms with van der Waals surface area (Å²) in [7, 11) is 2.15. The molecule has 2 nitrogen and oxygen atoms in total. The summed E-state index contributed by atoms with van der Waals surface area (Å²) >= 11 is 6.28. The topological polar surface area (TPSA) is 29.3 Å². The predicted molar refractivity (Wildman–Crippen MR) is 84.6 cm³/mol. The quantitative estimate of drug-likeness (QED) is 0.816. The van der Waals surface area contributed by atoms with Crippen LogP contribution in [0.4, 0.5) is 0 Å². The highest BCUT2D eigenvalue weighted by Gasteiger charge is 2.26. The molecule has 1 aromatic carbocycles. The van der Waals surface area contributed by atoms with E-state index in [-0.39, 0.29) is 5.41 Å². The third-order valence-corrected chi connectivity index (χ3v) is 4.34. The molecule has 3 heteroatoms. The molecule has 0 aromatic heterocycles. The maximum atomic E-state index is 6.28. The smallest absolute Gasteiger partial charge is 0.0453 e. The van der Waals surface area contributed by atoms with Gasteiger partial charge in [0.05, 0.1) is 0 Å². The predicted octanol–water partition coefficient (Wildman–Crippen LogP) is 4.10. The Morgan fingerprint density at radius 2 is 2.00 bits per heavy atom. The number of nitrogens with zero attached hydrogens (tertiary/aromatic N) is 1. The van der Waals surface area contributed by atoms with E-state index >= 15 is 0 Å². The molecule has 108 valence electrons. The molecule has 1 aromatic rings. The van der Waals surface area contributed by atoms with Crippen molar-refractivity contribution in [2.45, 2.75) is 39.7 Å². The monoisotopic (exact) mass is 282 g/mol. The maximum Gasteiger partial charge on any atom is 0.0453 e. The Kier molecular flexibility index (Phi) is 6.31. The first-order valence-electron chi connectivity index (χ1n) is 7.08. The Morgan fingerprint density at radius 1 is 1.37 bits per heavy atom. The van der Waals surface area contributed by atoms with Crippen molar-refractivity contribution in [3.63, 3.8) is 0 Å². The second kappa shape index (κ2) is 7.28. The van der Waals surface area contributed by atoms with Crippen LogP contribution >= 0.6 is 11.6 Å². The van der Waals surface area contributed by atoms with E-state index in [4.69, 9.17) is 17.3 Å². The van der Waals surface area contributed by atoms with Crippen molar-refractivity contribution < 1.29 is 0 Å². The number of rotatable bonds is 7. The van der Waals surface area contributed by atoms with Crippen LogP contribution in [0.15, 0.2) is 24.3 Å². The van der Waals surface area contributed by atoms with E-state index < -0.39 is 0 Å². The van der Waals surface area contributed by atoms with Gasteiger partial charge in [-0.2, -0.15) is 0 Å². The second-order valence-electron chi connectivity index (χ2n) is 5.88. The Labute approximate surface area is 122 Å². The summed E-state index contributed by atoms with van der Waals surface area (Å²) in [6.45, 7) is 8.39. The summed E-state index contributed by atoms with van der Waals surface area (Å²) in [5.74, 6) is 0. The molecule has 2 atom stereocenters. The average Bonchev–Trinajstić information content (AvgIpc) is 2.38. The van der Waals surface area contributed by atoms with Crippen LogP contribution < -0.4 is 5.73 Å². The third-order valence-electron chi connectivity index (χ3n) is 3.99. The highest BCUT2D eigenvalue weighted by atomic mass is 35.5. The number of hydrogen-bond donors (Lipinski definition) is 1. The Bertz CT molecular complexity index is 394. The highest BCUT2D eigenvalue weighted by molar-refractivity contribution is 6.31. The van der Waals surface area contributed by atoms with Gasteiger partial charge in [-0.15, -0.1) is 0 Å². The minimum absolute atomic E-state index is 0.180. The van der Waals surface area contributed by atoms with Crippen molar-refractivity contribution in [3.05, 3.63) is 34.9 Å². The normalized spacial score (nSPS) is 16.4. The van der Waals surface area contributed by atoms with Crippen molar-refractivity contribution in [3.8, 4) is 0 Å². The lowest BCUT2D eigenvalue weighted by molar-refractivity contribution is 0.151. The summed E-state index contributed by atoms with van der Waals surface area (Å²) in [6, 6.07) is 8.37. The lowest BCUT2D eigenvalue weighted by Crippen LogP contribution is -2.40. The fourth-order valence-electron chi connectivity index (χ4n) is 2.64. The van der Waals surface area contributed by atoms with Gasteiger partial charge < -0.3 is 5.73 Å². The zero-order valence-electron chi connectivity index (χ0n) is 12.6. The zero-order valence-corrected chi connectivity index (χ0v) is 13.4. The van der Waals surface area contributed by atoms with Crippen molar-refractivity contribution in [2.75, 3.05) is 20.1 Å². The van der Waals surface area contributed by atoms with Crippen molar-refractivity contribution in [2.24, 2.45) is 11.1 Å². The van der Waals surface area contributed by atoms with Gasteiger partial charge in [0.1, 0.15) is 0 Å². The van der Waals surface area contributed by atoms with Gasteiger partial charge in [0, 0.05) is 17.6 Å². The summed E-state index contributed by atoms with van der Waals surface area (Å²) < 4.78 is 0. The largest absolute Gasteiger partial charge is 0.330 e. The van der Waals surface area contributed by atoms with Crippen LogP contribution in [0.3, 0.4) is 0 Å². The van der Waals surface area contributed by atoms with E-state index in [1.165, 1.54) is 12.0 Å². The van der Waals surface area contributed by atoms with Crippen LogP contribution in [0.1, 0.15) is 45.2 Å². The summed E-state index contributed by atoms with van der Waals surface area (Å²) in [4.78, 5) is 2.35. The standard InChI is InChI=1S/C16H27ClN2/c1-5-10-16(3,11-18)12-19(4)13(2)14-8-6-7-9-15(14)17/h6-9,13H,5,10-12,18H2,1-4H3. The van der Waals surface area contributed by atoms with E-state index in [1.807, 2.05) is 18.2 Å². The lowest BCUT2D eigenvalue weighted by Gasteiger charge is -2.36. The summed E-state index contributed by atoms with van der Waals surface area (Å²) in [6.07, 6.45) is 2.32. The summed E-state index contributed by atoms with van der Waals surface area (Å²) in [5.41, 5.74) is 7.32. The molecule has 2 N–H and O–H groups in total. The second-order valence-corrected chi connectivity index (χ2v) is 6.28. The molecule has 0 saturated carbocycles. The van der Waals surface area contributed by atoms with Gasteiger partial charge in [0.25, 0.3) is 0 Å². The van der Waals surface area contributed by atoms with E-state index in [0.29, 0.717) is 6.04 Å². The first kappa shape index (κ1) is 16.5. The molecule has 0 aliphatic carbocycles. The van der Waals surface area contributed by atoms with Gasteiger partial charge in [-0.25, -0.2) is 0 Å². The van der Waals surface area contributed by atoms with E-state index in [9.17, 15) is 0 Å². The molecule has 19 heavy (non-hydrogen) atoms. The maximum absolute atomic E-state index is 6.28. The van der Waals surface area contributed by atoms with Gasteiger partial charge in [-0.05, 0) is 44.0 Å². The van der Waals surface area contributed by atoms with Crippen molar-refractivity contribution >= 4 is 11.6 Å². The van der Waals surface area contributed by atoms with Crippen LogP contribution in [0.2, 0.25) is 5.02 Å². The molecular weight excluding hydrogens is 256 g/mol. The van der Waals surface area contributed by atoms with Gasteiger partial charge in [-0.1, -0.05) is 50.1 Å². The first-order valence-corrected chi connectivity index (χ1v) is 7.46. The number of benzene rings is 1. The molecule has 0 saturated heterocycles. The van der Waals surface area contributed by atoms with Crippen LogP contribution in [-0.4, -0.2) is 25.0 Å².